The Morgan fingerprint density at radius 2 is 1.72 bits per heavy atom. The molecule has 5 heteroatoms. The van der Waals surface area contributed by atoms with Crippen LogP contribution >= 0.6 is 0 Å². The maximum Gasteiger partial charge on any atom is 0.189 e. The van der Waals surface area contributed by atoms with Crippen molar-refractivity contribution in [1.29, 1.82) is 0 Å². The van der Waals surface area contributed by atoms with E-state index in [0.717, 1.165) is 11.3 Å². The standard InChI is InChI=1S/C24H32O5/c1-8-23(27-7)21(10-9-15-26-6)22(25)14-12-19-11-13-20(28-17(2)3)16-24(19)29-18(4)5/h8-18H,1-7H3/b14-12+,15-9+,21-10-,23-8-. The highest BCUT2D eigenvalue weighted by Gasteiger charge is 2.13. The van der Waals surface area contributed by atoms with Crippen LogP contribution in [0.3, 0.4) is 0 Å². The van der Waals surface area contributed by atoms with Crippen LogP contribution in [0.15, 0.2) is 60.1 Å². The minimum absolute atomic E-state index is 0.00934. The van der Waals surface area contributed by atoms with E-state index in [9.17, 15) is 4.79 Å². The van der Waals surface area contributed by atoms with Crippen LogP contribution in [0, 0.1) is 0 Å². The molecule has 0 atom stereocenters. The highest BCUT2D eigenvalue weighted by molar-refractivity contribution is 6.09. The van der Waals surface area contributed by atoms with Crippen molar-refractivity contribution in [3.63, 3.8) is 0 Å². The molecule has 0 N–H and O–H groups in total. The predicted molar refractivity (Wildman–Crippen MR) is 117 cm³/mol. The molecule has 0 aliphatic carbocycles. The molecule has 0 aliphatic rings. The number of methoxy groups -OCH3 is 2. The first-order valence-corrected chi connectivity index (χ1v) is 9.62. The van der Waals surface area contributed by atoms with Gasteiger partial charge >= 0.3 is 0 Å². The third kappa shape index (κ3) is 8.30. The lowest BCUT2D eigenvalue weighted by atomic mass is 10.1. The van der Waals surface area contributed by atoms with E-state index in [-0.39, 0.29) is 18.0 Å². The third-order valence-corrected chi connectivity index (χ3v) is 3.62. The molecule has 0 aliphatic heterocycles. The molecule has 0 aromatic heterocycles. The van der Waals surface area contributed by atoms with Crippen molar-refractivity contribution in [2.45, 2.75) is 46.8 Å². The average molecular weight is 401 g/mol. The Hall–Kier alpha value is -2.95. The minimum Gasteiger partial charge on any atom is -0.504 e. The van der Waals surface area contributed by atoms with Crippen molar-refractivity contribution in [1.82, 2.24) is 0 Å². The van der Waals surface area contributed by atoms with Gasteiger partial charge < -0.3 is 18.9 Å². The number of hydrogen-bond donors (Lipinski definition) is 0. The monoisotopic (exact) mass is 400 g/mol. The minimum atomic E-state index is -0.196. The Morgan fingerprint density at radius 3 is 2.28 bits per heavy atom. The molecule has 0 bridgehead atoms. The number of rotatable bonds is 11. The second-order valence-electron chi connectivity index (χ2n) is 6.73. The van der Waals surface area contributed by atoms with Gasteiger partial charge in [-0.25, -0.2) is 0 Å². The zero-order valence-corrected chi connectivity index (χ0v) is 18.4. The lowest BCUT2D eigenvalue weighted by Gasteiger charge is -2.16. The van der Waals surface area contributed by atoms with Gasteiger partial charge in [-0.3, -0.25) is 4.79 Å². The molecule has 0 heterocycles. The highest BCUT2D eigenvalue weighted by atomic mass is 16.5. The number of benzene rings is 1. The first-order chi connectivity index (χ1) is 13.8. The van der Waals surface area contributed by atoms with Gasteiger partial charge in [0, 0.05) is 11.6 Å². The summed E-state index contributed by atoms with van der Waals surface area (Å²) >= 11 is 0. The number of ketones is 1. The second kappa shape index (κ2) is 12.5. The number of hydrogen-bond acceptors (Lipinski definition) is 5. The summed E-state index contributed by atoms with van der Waals surface area (Å²) in [5.41, 5.74) is 1.21. The van der Waals surface area contributed by atoms with Gasteiger partial charge in [0.2, 0.25) is 0 Å². The molecule has 0 radical (unpaired) electrons. The molecule has 0 saturated carbocycles. The first-order valence-electron chi connectivity index (χ1n) is 9.62. The number of ether oxygens (including phenoxy) is 4. The quantitative estimate of drug-likeness (QED) is 0.280. The van der Waals surface area contributed by atoms with Crippen LogP contribution in [0.2, 0.25) is 0 Å². The fraction of sp³-hybridized carbons (Fsp3) is 0.375. The van der Waals surface area contributed by atoms with Crippen molar-refractivity contribution >= 4 is 11.9 Å². The summed E-state index contributed by atoms with van der Waals surface area (Å²) in [6.07, 6.45) is 9.81. The van der Waals surface area contributed by atoms with Crippen molar-refractivity contribution in [2.75, 3.05) is 14.2 Å². The molecular formula is C24H32O5. The van der Waals surface area contributed by atoms with Crippen LogP contribution in [0.4, 0.5) is 0 Å². The molecule has 5 nitrogen and oxygen atoms in total. The summed E-state index contributed by atoms with van der Waals surface area (Å²) in [5.74, 6) is 1.67. The fourth-order valence-electron chi connectivity index (χ4n) is 2.49. The van der Waals surface area contributed by atoms with Crippen molar-refractivity contribution in [2.24, 2.45) is 0 Å². The maximum absolute atomic E-state index is 12.8. The number of carbonyl (C=O) groups excluding carboxylic acids is 1. The Balaban J connectivity index is 3.22. The molecule has 1 aromatic rings. The van der Waals surface area contributed by atoms with Crippen LogP contribution in [0.1, 0.15) is 40.2 Å². The molecule has 158 valence electrons. The van der Waals surface area contributed by atoms with Crippen LogP contribution in [-0.2, 0) is 14.3 Å². The molecule has 0 spiro atoms. The number of allylic oxidation sites excluding steroid dienone is 5. The van der Waals surface area contributed by atoms with E-state index >= 15 is 0 Å². The van der Waals surface area contributed by atoms with Gasteiger partial charge in [0.1, 0.15) is 17.3 Å². The van der Waals surface area contributed by atoms with E-state index in [1.165, 1.54) is 19.4 Å². The largest absolute Gasteiger partial charge is 0.504 e. The van der Waals surface area contributed by atoms with E-state index < -0.39 is 0 Å². The summed E-state index contributed by atoms with van der Waals surface area (Å²) in [4.78, 5) is 12.8. The molecule has 1 aromatic carbocycles. The van der Waals surface area contributed by atoms with Crippen molar-refractivity contribution in [3.8, 4) is 11.5 Å². The lowest BCUT2D eigenvalue weighted by molar-refractivity contribution is -0.111. The van der Waals surface area contributed by atoms with Crippen molar-refractivity contribution < 1.29 is 23.7 Å². The summed E-state index contributed by atoms with van der Waals surface area (Å²) in [7, 11) is 3.07. The van der Waals surface area contributed by atoms with Gasteiger partial charge in [0.15, 0.2) is 5.78 Å². The SMILES string of the molecule is C/C=C(OC)/C(=C\C=C\OC)C(=O)/C=C/c1ccc(OC(C)C)cc1OC(C)C. The van der Waals surface area contributed by atoms with E-state index in [1.54, 1.807) is 31.4 Å². The average Bonchev–Trinajstić information content (AvgIpc) is 2.66. The van der Waals surface area contributed by atoms with E-state index in [4.69, 9.17) is 18.9 Å². The molecule has 1 rings (SSSR count). The van der Waals surface area contributed by atoms with Gasteiger partial charge in [-0.05, 0) is 77.1 Å². The summed E-state index contributed by atoms with van der Waals surface area (Å²) in [6, 6.07) is 5.58. The van der Waals surface area contributed by atoms with Crippen LogP contribution in [0.25, 0.3) is 6.08 Å². The first kappa shape index (κ1) is 24.1. The zero-order valence-electron chi connectivity index (χ0n) is 18.4. The van der Waals surface area contributed by atoms with Crippen LogP contribution in [-0.4, -0.2) is 32.2 Å². The molecule has 0 fully saturated rings. The number of carbonyl (C=O) groups is 1. The second-order valence-corrected chi connectivity index (χ2v) is 6.73. The van der Waals surface area contributed by atoms with Gasteiger partial charge in [-0.15, -0.1) is 0 Å². The Bertz CT molecular complexity index is 782. The molecule has 0 saturated heterocycles. The Morgan fingerprint density at radius 1 is 1.03 bits per heavy atom. The van der Waals surface area contributed by atoms with Crippen molar-refractivity contribution in [3.05, 3.63) is 65.7 Å². The normalized spacial score (nSPS) is 12.9. The lowest BCUT2D eigenvalue weighted by Crippen LogP contribution is -2.09. The summed E-state index contributed by atoms with van der Waals surface area (Å²) in [5, 5.41) is 0. The molecule has 0 unspecified atom stereocenters. The summed E-state index contributed by atoms with van der Waals surface area (Å²) in [6.45, 7) is 9.65. The Kier molecular flexibility index (Phi) is 10.4. The van der Waals surface area contributed by atoms with E-state index in [0.29, 0.717) is 17.1 Å². The highest BCUT2D eigenvalue weighted by Crippen LogP contribution is 2.28. The maximum atomic E-state index is 12.8. The Labute approximate surface area is 174 Å². The van der Waals surface area contributed by atoms with E-state index in [1.807, 2.05) is 52.8 Å². The van der Waals surface area contributed by atoms with Gasteiger partial charge in [0.05, 0.1) is 38.3 Å². The topological polar surface area (TPSA) is 54.0 Å². The van der Waals surface area contributed by atoms with Crippen LogP contribution in [0.5, 0.6) is 11.5 Å². The smallest absolute Gasteiger partial charge is 0.189 e. The van der Waals surface area contributed by atoms with E-state index in [2.05, 4.69) is 0 Å². The summed E-state index contributed by atoms with van der Waals surface area (Å²) < 4.78 is 21.9. The van der Waals surface area contributed by atoms with Gasteiger partial charge in [-0.2, -0.15) is 0 Å². The van der Waals surface area contributed by atoms with Gasteiger partial charge in [-0.1, -0.05) is 0 Å². The fourth-order valence-corrected chi connectivity index (χ4v) is 2.49. The zero-order chi connectivity index (χ0) is 21.8. The molecule has 0 amide bonds. The molecular weight excluding hydrogens is 368 g/mol. The van der Waals surface area contributed by atoms with Gasteiger partial charge in [0.25, 0.3) is 0 Å². The third-order valence-electron chi connectivity index (χ3n) is 3.62. The predicted octanol–water partition coefficient (Wildman–Crippen LogP) is 5.48. The van der Waals surface area contributed by atoms with Crippen LogP contribution < -0.4 is 9.47 Å². The molecule has 29 heavy (non-hydrogen) atoms.